The molecule has 0 aliphatic rings. The number of hydrogen-bond donors (Lipinski definition) is 1. The van der Waals surface area contributed by atoms with Crippen LogP contribution in [0, 0.1) is 4.91 Å². The number of ether oxygens (including phenoxy) is 1. The lowest BCUT2D eigenvalue weighted by molar-refractivity contribution is 0.0697. The number of likely N-dealkylation sites (N-methyl/N-ethyl adjacent to an activating group) is 1. The van der Waals surface area contributed by atoms with E-state index in [2.05, 4.69) is 5.18 Å². The van der Waals surface area contributed by atoms with Crippen LogP contribution in [0.1, 0.15) is 17.3 Å². The number of methoxy groups -OCH3 is 1. The Bertz CT molecular complexity index is 434. The Labute approximate surface area is 105 Å². The van der Waals surface area contributed by atoms with Gasteiger partial charge in [-0.05, 0) is 30.3 Å². The first kappa shape index (κ1) is 14.1. The van der Waals surface area contributed by atoms with E-state index in [-0.39, 0.29) is 11.3 Å². The van der Waals surface area contributed by atoms with Crippen molar-refractivity contribution in [3.63, 3.8) is 0 Å². The first-order chi connectivity index (χ1) is 8.63. The number of benzene rings is 1. The highest BCUT2D eigenvalue weighted by Crippen LogP contribution is 2.25. The van der Waals surface area contributed by atoms with Gasteiger partial charge in [-0.1, -0.05) is 0 Å². The van der Waals surface area contributed by atoms with Crippen LogP contribution < -0.4 is 4.90 Å². The first-order valence-electron chi connectivity index (χ1n) is 5.58. The molecule has 0 atom stereocenters. The maximum atomic E-state index is 11.2. The van der Waals surface area contributed by atoms with Gasteiger partial charge in [0.1, 0.15) is 5.69 Å². The van der Waals surface area contributed by atoms with Crippen LogP contribution in [0.2, 0.25) is 0 Å². The molecule has 0 aliphatic carbocycles. The fraction of sp³-hybridized carbons (Fsp3) is 0.417. The van der Waals surface area contributed by atoms with Gasteiger partial charge in [-0.25, -0.2) is 4.79 Å². The van der Waals surface area contributed by atoms with Crippen molar-refractivity contribution in [1.29, 1.82) is 0 Å². The van der Waals surface area contributed by atoms with E-state index >= 15 is 0 Å². The normalized spacial score (nSPS) is 10.1. The molecule has 6 heteroatoms. The summed E-state index contributed by atoms with van der Waals surface area (Å²) in [6.07, 6.45) is 0. The van der Waals surface area contributed by atoms with Crippen LogP contribution in [-0.2, 0) is 4.74 Å². The van der Waals surface area contributed by atoms with Gasteiger partial charge in [-0.15, -0.1) is 4.91 Å². The molecular weight excluding hydrogens is 236 g/mol. The molecule has 1 rings (SSSR count). The van der Waals surface area contributed by atoms with E-state index in [9.17, 15) is 9.70 Å². The third-order valence-electron chi connectivity index (χ3n) is 2.60. The van der Waals surface area contributed by atoms with Crippen molar-refractivity contribution in [2.24, 2.45) is 5.18 Å². The Kier molecular flexibility index (Phi) is 5.26. The molecule has 0 amide bonds. The Morgan fingerprint density at radius 2 is 2.22 bits per heavy atom. The van der Waals surface area contributed by atoms with Gasteiger partial charge in [0.05, 0.1) is 17.9 Å². The lowest BCUT2D eigenvalue weighted by Gasteiger charge is -2.24. The number of nitrogens with zero attached hydrogens (tertiary/aromatic N) is 2. The number of aromatic carboxylic acids is 1. The van der Waals surface area contributed by atoms with Crippen LogP contribution in [0.4, 0.5) is 11.4 Å². The van der Waals surface area contributed by atoms with E-state index in [4.69, 9.17) is 9.84 Å². The zero-order valence-corrected chi connectivity index (χ0v) is 10.4. The molecule has 0 radical (unpaired) electrons. The molecule has 98 valence electrons. The minimum Gasteiger partial charge on any atom is -0.478 e. The molecule has 0 saturated heterocycles. The smallest absolute Gasteiger partial charge is 0.337 e. The summed E-state index contributed by atoms with van der Waals surface area (Å²) in [4.78, 5) is 23.5. The number of carboxylic acid groups (broad SMARTS) is 1. The molecule has 0 bridgehead atoms. The van der Waals surface area contributed by atoms with Crippen LogP contribution in [0.5, 0.6) is 0 Å². The molecule has 0 heterocycles. The average Bonchev–Trinajstić information content (AvgIpc) is 2.39. The van der Waals surface area contributed by atoms with Crippen molar-refractivity contribution in [1.82, 2.24) is 0 Å². The molecular formula is C12H16N2O4. The lowest BCUT2D eigenvalue weighted by atomic mass is 10.1. The number of rotatable bonds is 7. The Hall–Kier alpha value is -1.95. The SMILES string of the molecule is CCN(CCOC)c1ccc(N=O)cc1C(=O)O. The highest BCUT2D eigenvalue weighted by molar-refractivity contribution is 5.95. The molecule has 0 unspecified atom stereocenters. The monoisotopic (exact) mass is 252 g/mol. The minimum absolute atomic E-state index is 0.0741. The largest absolute Gasteiger partial charge is 0.478 e. The average molecular weight is 252 g/mol. The fourth-order valence-electron chi connectivity index (χ4n) is 1.68. The standard InChI is InChI=1S/C12H16N2O4/c1-3-14(6-7-18-2)11-5-4-9(13-17)8-10(11)12(15)16/h4-5,8H,3,6-7H2,1-2H3,(H,15,16). The second-order valence-electron chi connectivity index (χ2n) is 3.67. The molecule has 6 nitrogen and oxygen atoms in total. The summed E-state index contributed by atoms with van der Waals surface area (Å²) in [5.41, 5.74) is 0.749. The molecule has 0 spiro atoms. The lowest BCUT2D eigenvalue weighted by Crippen LogP contribution is -2.28. The molecule has 0 fully saturated rings. The molecule has 1 N–H and O–H groups in total. The molecule has 0 saturated carbocycles. The molecule has 0 aliphatic heterocycles. The Balaban J connectivity index is 3.12. The van der Waals surface area contributed by atoms with Gasteiger partial charge in [-0.3, -0.25) is 0 Å². The fourth-order valence-corrected chi connectivity index (χ4v) is 1.68. The highest BCUT2D eigenvalue weighted by atomic mass is 16.5. The zero-order valence-electron chi connectivity index (χ0n) is 10.4. The summed E-state index contributed by atoms with van der Waals surface area (Å²) in [6, 6.07) is 4.38. The van der Waals surface area contributed by atoms with Crippen LogP contribution >= 0.6 is 0 Å². The predicted octanol–water partition coefficient (Wildman–Crippen LogP) is 2.26. The highest BCUT2D eigenvalue weighted by Gasteiger charge is 2.16. The number of carbonyl (C=O) groups is 1. The van der Waals surface area contributed by atoms with Gasteiger partial charge in [0.25, 0.3) is 0 Å². The topological polar surface area (TPSA) is 79.2 Å². The number of anilines is 1. The van der Waals surface area contributed by atoms with Gasteiger partial charge in [0.15, 0.2) is 0 Å². The quantitative estimate of drug-likeness (QED) is 0.753. The molecule has 1 aromatic carbocycles. The number of nitroso groups, excluding NO2 is 1. The summed E-state index contributed by atoms with van der Waals surface area (Å²) in [5.74, 6) is -1.08. The van der Waals surface area contributed by atoms with Crippen molar-refractivity contribution >= 4 is 17.3 Å². The van der Waals surface area contributed by atoms with Crippen molar-refractivity contribution < 1.29 is 14.6 Å². The number of hydrogen-bond acceptors (Lipinski definition) is 5. The molecule has 18 heavy (non-hydrogen) atoms. The van der Waals surface area contributed by atoms with Gasteiger partial charge in [0.2, 0.25) is 0 Å². The van der Waals surface area contributed by atoms with Crippen LogP contribution in [-0.4, -0.2) is 37.9 Å². The second-order valence-corrected chi connectivity index (χ2v) is 3.67. The van der Waals surface area contributed by atoms with Crippen molar-refractivity contribution in [2.45, 2.75) is 6.92 Å². The van der Waals surface area contributed by atoms with E-state index in [1.54, 1.807) is 13.2 Å². The predicted molar refractivity (Wildman–Crippen MR) is 68.6 cm³/mol. The van der Waals surface area contributed by atoms with Crippen molar-refractivity contribution in [3.05, 3.63) is 28.7 Å². The van der Waals surface area contributed by atoms with E-state index in [1.807, 2.05) is 11.8 Å². The van der Waals surface area contributed by atoms with E-state index in [1.165, 1.54) is 12.1 Å². The Morgan fingerprint density at radius 3 is 2.72 bits per heavy atom. The van der Waals surface area contributed by atoms with Crippen LogP contribution in [0.15, 0.2) is 23.4 Å². The van der Waals surface area contributed by atoms with Crippen LogP contribution in [0.25, 0.3) is 0 Å². The minimum atomic E-state index is -1.08. The molecule has 1 aromatic rings. The summed E-state index contributed by atoms with van der Waals surface area (Å²) in [6.45, 7) is 3.66. The van der Waals surface area contributed by atoms with Crippen molar-refractivity contribution in [3.8, 4) is 0 Å². The summed E-state index contributed by atoms with van der Waals surface area (Å²) in [7, 11) is 1.59. The zero-order chi connectivity index (χ0) is 13.5. The van der Waals surface area contributed by atoms with Gasteiger partial charge < -0.3 is 14.7 Å². The van der Waals surface area contributed by atoms with Crippen LogP contribution in [0.3, 0.4) is 0 Å². The second kappa shape index (κ2) is 6.70. The Morgan fingerprint density at radius 1 is 1.50 bits per heavy atom. The summed E-state index contributed by atoms with van der Waals surface area (Å²) >= 11 is 0. The van der Waals surface area contributed by atoms with Gasteiger partial charge in [0, 0.05) is 20.2 Å². The third-order valence-corrected chi connectivity index (χ3v) is 2.60. The van der Waals surface area contributed by atoms with Crippen molar-refractivity contribution in [2.75, 3.05) is 31.7 Å². The first-order valence-corrected chi connectivity index (χ1v) is 5.58. The van der Waals surface area contributed by atoms with Gasteiger partial charge in [-0.2, -0.15) is 0 Å². The summed E-state index contributed by atoms with van der Waals surface area (Å²) < 4.78 is 4.98. The number of carboxylic acids is 1. The summed E-state index contributed by atoms with van der Waals surface area (Å²) in [5, 5.41) is 11.9. The third kappa shape index (κ3) is 3.27. The maximum Gasteiger partial charge on any atom is 0.337 e. The molecule has 0 aromatic heterocycles. The van der Waals surface area contributed by atoms with E-state index < -0.39 is 5.97 Å². The maximum absolute atomic E-state index is 11.2. The van der Waals surface area contributed by atoms with E-state index in [0.717, 1.165) is 0 Å². The van der Waals surface area contributed by atoms with E-state index in [0.29, 0.717) is 25.4 Å². The van der Waals surface area contributed by atoms with Gasteiger partial charge >= 0.3 is 5.97 Å².